The molecule has 0 aromatic heterocycles. The van der Waals surface area contributed by atoms with Crippen molar-refractivity contribution in [3.8, 4) is 11.5 Å². The van der Waals surface area contributed by atoms with Gasteiger partial charge in [-0.15, -0.1) is 0 Å². The van der Waals surface area contributed by atoms with Crippen LogP contribution in [0.15, 0.2) is 48.5 Å². The van der Waals surface area contributed by atoms with Gasteiger partial charge in [-0.2, -0.15) is 0 Å². The minimum atomic E-state index is 0.0298. The standard InChI is InChI=1S/C21H27N3O2/c1-3-23-12-14-24(15-13-23)16-21(25)22-18-6-10-20(11-7-18)26-19-8-4-17(2)5-9-19/h4-11H,3,12-16H2,1-2H3,(H,22,25). The van der Waals surface area contributed by atoms with Crippen LogP contribution < -0.4 is 10.1 Å². The zero-order valence-electron chi connectivity index (χ0n) is 15.6. The number of carbonyl (C=O) groups is 1. The van der Waals surface area contributed by atoms with E-state index in [-0.39, 0.29) is 5.91 Å². The van der Waals surface area contributed by atoms with E-state index in [4.69, 9.17) is 4.74 Å². The molecule has 1 N–H and O–H groups in total. The van der Waals surface area contributed by atoms with Gasteiger partial charge in [0.05, 0.1) is 6.54 Å². The lowest BCUT2D eigenvalue weighted by Crippen LogP contribution is -2.48. The third kappa shape index (κ3) is 5.31. The van der Waals surface area contributed by atoms with Gasteiger partial charge in [0.2, 0.25) is 5.91 Å². The topological polar surface area (TPSA) is 44.8 Å². The molecule has 2 aromatic rings. The Labute approximate surface area is 155 Å². The molecule has 0 radical (unpaired) electrons. The average molecular weight is 353 g/mol. The zero-order chi connectivity index (χ0) is 18.4. The predicted octanol–water partition coefficient (Wildman–Crippen LogP) is 3.36. The number of hydrogen-bond acceptors (Lipinski definition) is 4. The SMILES string of the molecule is CCN1CCN(CC(=O)Nc2ccc(Oc3ccc(C)cc3)cc2)CC1. The lowest BCUT2D eigenvalue weighted by atomic mass is 10.2. The third-order valence-corrected chi connectivity index (χ3v) is 4.67. The van der Waals surface area contributed by atoms with Crippen molar-refractivity contribution >= 4 is 11.6 Å². The van der Waals surface area contributed by atoms with Gasteiger partial charge in [0.15, 0.2) is 0 Å². The molecule has 0 bridgehead atoms. The van der Waals surface area contributed by atoms with Gasteiger partial charge in [-0.25, -0.2) is 0 Å². The van der Waals surface area contributed by atoms with Crippen LogP contribution in [0.5, 0.6) is 11.5 Å². The number of aryl methyl sites for hydroxylation is 1. The number of rotatable bonds is 6. The van der Waals surface area contributed by atoms with Crippen molar-refractivity contribution < 1.29 is 9.53 Å². The van der Waals surface area contributed by atoms with Gasteiger partial charge in [-0.1, -0.05) is 24.6 Å². The highest BCUT2D eigenvalue weighted by Crippen LogP contribution is 2.23. The van der Waals surface area contributed by atoms with Crippen molar-refractivity contribution in [3.63, 3.8) is 0 Å². The normalized spacial score (nSPS) is 15.6. The van der Waals surface area contributed by atoms with Gasteiger partial charge in [0.25, 0.3) is 0 Å². The highest BCUT2D eigenvalue weighted by atomic mass is 16.5. The third-order valence-electron chi connectivity index (χ3n) is 4.67. The fraction of sp³-hybridized carbons (Fsp3) is 0.381. The highest BCUT2D eigenvalue weighted by Gasteiger charge is 2.17. The lowest BCUT2D eigenvalue weighted by Gasteiger charge is -2.33. The van der Waals surface area contributed by atoms with Crippen LogP contribution in [0.1, 0.15) is 12.5 Å². The number of amides is 1. The van der Waals surface area contributed by atoms with Crippen LogP contribution in [0.3, 0.4) is 0 Å². The first kappa shape index (κ1) is 18.4. The van der Waals surface area contributed by atoms with Crippen LogP contribution in [-0.2, 0) is 4.79 Å². The van der Waals surface area contributed by atoms with Gasteiger partial charge in [0.1, 0.15) is 11.5 Å². The minimum Gasteiger partial charge on any atom is -0.457 e. The maximum atomic E-state index is 12.2. The van der Waals surface area contributed by atoms with Crippen molar-refractivity contribution in [2.45, 2.75) is 13.8 Å². The largest absolute Gasteiger partial charge is 0.457 e. The summed E-state index contributed by atoms with van der Waals surface area (Å²) in [6.45, 7) is 9.72. The average Bonchev–Trinajstić information content (AvgIpc) is 2.66. The number of piperazine rings is 1. The van der Waals surface area contributed by atoms with Crippen molar-refractivity contribution in [2.75, 3.05) is 44.6 Å². The molecule has 0 saturated carbocycles. The number of nitrogens with zero attached hydrogens (tertiary/aromatic N) is 2. The van der Waals surface area contributed by atoms with E-state index in [1.54, 1.807) is 0 Å². The molecule has 26 heavy (non-hydrogen) atoms. The van der Waals surface area contributed by atoms with Crippen LogP contribution in [-0.4, -0.2) is 55.0 Å². The zero-order valence-corrected chi connectivity index (χ0v) is 15.6. The minimum absolute atomic E-state index is 0.0298. The summed E-state index contributed by atoms with van der Waals surface area (Å²) in [7, 11) is 0. The quantitative estimate of drug-likeness (QED) is 0.865. The predicted molar refractivity (Wildman–Crippen MR) is 105 cm³/mol. The summed E-state index contributed by atoms with van der Waals surface area (Å²) in [5, 5.41) is 2.96. The Kier molecular flexibility index (Phi) is 6.26. The molecule has 1 heterocycles. The molecule has 0 unspecified atom stereocenters. The number of anilines is 1. The van der Waals surface area contributed by atoms with Crippen molar-refractivity contribution in [2.24, 2.45) is 0 Å². The van der Waals surface area contributed by atoms with Crippen molar-refractivity contribution in [1.82, 2.24) is 9.80 Å². The maximum absolute atomic E-state index is 12.2. The molecule has 1 aliphatic heterocycles. The fourth-order valence-corrected chi connectivity index (χ4v) is 3.02. The van der Waals surface area contributed by atoms with E-state index < -0.39 is 0 Å². The molecule has 1 amide bonds. The molecule has 138 valence electrons. The Morgan fingerprint density at radius 1 is 0.923 bits per heavy atom. The number of ether oxygens (including phenoxy) is 1. The molecule has 3 rings (SSSR count). The molecule has 1 saturated heterocycles. The van der Waals surface area contributed by atoms with Crippen LogP contribution in [0, 0.1) is 6.92 Å². The summed E-state index contributed by atoms with van der Waals surface area (Å²) in [6, 6.07) is 15.4. The molecule has 0 spiro atoms. The van der Waals surface area contributed by atoms with Gasteiger partial charge in [0, 0.05) is 31.9 Å². The lowest BCUT2D eigenvalue weighted by molar-refractivity contribution is -0.117. The highest BCUT2D eigenvalue weighted by molar-refractivity contribution is 5.92. The Bertz CT molecular complexity index is 705. The number of nitrogens with one attached hydrogen (secondary N) is 1. The van der Waals surface area contributed by atoms with Crippen LogP contribution in [0.2, 0.25) is 0 Å². The first-order valence-electron chi connectivity index (χ1n) is 9.21. The summed E-state index contributed by atoms with van der Waals surface area (Å²) in [4.78, 5) is 16.9. The number of benzene rings is 2. The van der Waals surface area contributed by atoms with Gasteiger partial charge in [-0.3, -0.25) is 9.69 Å². The summed E-state index contributed by atoms with van der Waals surface area (Å²) < 4.78 is 5.81. The maximum Gasteiger partial charge on any atom is 0.238 e. The Balaban J connectivity index is 1.47. The molecule has 1 aliphatic rings. The molecule has 5 nitrogen and oxygen atoms in total. The molecular formula is C21H27N3O2. The first-order chi connectivity index (χ1) is 12.6. The smallest absolute Gasteiger partial charge is 0.238 e. The Hall–Kier alpha value is -2.37. The second-order valence-electron chi connectivity index (χ2n) is 6.70. The first-order valence-corrected chi connectivity index (χ1v) is 9.21. The second-order valence-corrected chi connectivity index (χ2v) is 6.70. The van der Waals surface area contributed by atoms with Crippen molar-refractivity contribution in [1.29, 1.82) is 0 Å². The molecular weight excluding hydrogens is 326 g/mol. The van der Waals surface area contributed by atoms with Crippen LogP contribution in [0.25, 0.3) is 0 Å². The van der Waals surface area contributed by atoms with E-state index in [1.807, 2.05) is 55.5 Å². The van der Waals surface area contributed by atoms with E-state index >= 15 is 0 Å². The number of likely N-dealkylation sites (N-methyl/N-ethyl adjacent to an activating group) is 1. The second kappa shape index (κ2) is 8.83. The van der Waals surface area contributed by atoms with Gasteiger partial charge < -0.3 is 15.0 Å². The Morgan fingerprint density at radius 2 is 1.46 bits per heavy atom. The monoisotopic (exact) mass is 353 g/mol. The van der Waals surface area contributed by atoms with Gasteiger partial charge in [-0.05, 0) is 49.9 Å². The van der Waals surface area contributed by atoms with E-state index in [2.05, 4.69) is 22.0 Å². The summed E-state index contributed by atoms with van der Waals surface area (Å²) in [5.74, 6) is 1.59. The summed E-state index contributed by atoms with van der Waals surface area (Å²) >= 11 is 0. The molecule has 5 heteroatoms. The van der Waals surface area contributed by atoms with Gasteiger partial charge >= 0.3 is 0 Å². The fourth-order valence-electron chi connectivity index (χ4n) is 3.02. The van der Waals surface area contributed by atoms with E-state index in [0.717, 1.165) is 49.9 Å². The van der Waals surface area contributed by atoms with Crippen LogP contribution in [0.4, 0.5) is 5.69 Å². The van der Waals surface area contributed by atoms with E-state index in [1.165, 1.54) is 5.56 Å². The Morgan fingerprint density at radius 3 is 2.04 bits per heavy atom. The van der Waals surface area contributed by atoms with E-state index in [9.17, 15) is 4.79 Å². The number of hydrogen-bond donors (Lipinski definition) is 1. The molecule has 0 aliphatic carbocycles. The molecule has 2 aromatic carbocycles. The van der Waals surface area contributed by atoms with Crippen LogP contribution >= 0.6 is 0 Å². The number of carbonyl (C=O) groups excluding carboxylic acids is 1. The van der Waals surface area contributed by atoms with E-state index in [0.29, 0.717) is 6.54 Å². The molecule has 1 fully saturated rings. The summed E-state index contributed by atoms with van der Waals surface area (Å²) in [6.07, 6.45) is 0. The summed E-state index contributed by atoms with van der Waals surface area (Å²) in [5.41, 5.74) is 1.99. The molecule has 0 atom stereocenters. The van der Waals surface area contributed by atoms with Crippen molar-refractivity contribution in [3.05, 3.63) is 54.1 Å².